The Morgan fingerprint density at radius 3 is 2.16 bits per heavy atom. The molecule has 0 aliphatic carbocycles. The Bertz CT molecular complexity index is 1150. The van der Waals surface area contributed by atoms with Gasteiger partial charge in [-0.3, -0.25) is 4.79 Å². The Labute approximate surface area is 137 Å². The van der Waals surface area contributed by atoms with Crippen LogP contribution in [0.1, 0.15) is 5.56 Å². The maximum absolute atomic E-state index is 12.7. The van der Waals surface area contributed by atoms with E-state index in [4.69, 9.17) is 0 Å². The number of aryl methyl sites for hydroxylation is 1. The maximum atomic E-state index is 12.7. The summed E-state index contributed by atoms with van der Waals surface area (Å²) in [6, 6.07) is 4.00. The molecule has 1 aromatic carbocycles. The van der Waals surface area contributed by atoms with E-state index in [1.54, 1.807) is 0 Å². The van der Waals surface area contributed by atoms with Crippen molar-refractivity contribution in [2.45, 2.75) is 6.18 Å². The van der Waals surface area contributed by atoms with Crippen molar-refractivity contribution in [3.8, 4) is 11.3 Å². The SMILES string of the molecule is Cn1c(=O)c2c(-c3ccc(C(F)(F)F)cc3)[nH]c(=O)[nH+]c2n(C)c1=O. The molecule has 0 fully saturated rings. The van der Waals surface area contributed by atoms with Gasteiger partial charge in [-0.2, -0.15) is 13.2 Å². The van der Waals surface area contributed by atoms with Gasteiger partial charge in [0.05, 0.1) is 12.6 Å². The number of rotatable bonds is 1. The highest BCUT2D eigenvalue weighted by Gasteiger charge is 2.30. The number of hydrogen-bond acceptors (Lipinski definition) is 3. The minimum Gasteiger partial charge on any atom is -0.268 e. The highest BCUT2D eigenvalue weighted by molar-refractivity contribution is 5.87. The molecule has 2 heterocycles. The van der Waals surface area contributed by atoms with E-state index in [9.17, 15) is 27.6 Å². The third kappa shape index (κ3) is 2.65. The molecule has 2 N–H and O–H groups in total. The highest BCUT2D eigenvalue weighted by atomic mass is 19.4. The largest absolute Gasteiger partial charge is 0.439 e. The van der Waals surface area contributed by atoms with Crippen LogP contribution in [0.2, 0.25) is 0 Å². The molecule has 10 heteroatoms. The van der Waals surface area contributed by atoms with Gasteiger partial charge in [0.2, 0.25) is 5.65 Å². The van der Waals surface area contributed by atoms with Gasteiger partial charge < -0.3 is 0 Å². The van der Waals surface area contributed by atoms with Crippen LogP contribution >= 0.6 is 0 Å². The Balaban J connectivity index is 2.39. The van der Waals surface area contributed by atoms with Crippen molar-refractivity contribution in [3.63, 3.8) is 0 Å². The van der Waals surface area contributed by atoms with Crippen LogP contribution in [0.15, 0.2) is 38.6 Å². The molecule has 0 saturated carbocycles. The second-order valence-electron chi connectivity index (χ2n) is 5.46. The van der Waals surface area contributed by atoms with Crippen molar-refractivity contribution in [2.24, 2.45) is 14.1 Å². The minimum absolute atomic E-state index is 0.0102. The standard InChI is InChI=1S/C15H11F3N4O3/c1-21-11-9(12(23)22(2)14(21)25)10(19-13(24)20-11)7-3-5-8(6-4-7)15(16,17)18/h3-6H,1-2H3,(H,19,20,24)/p+1. The van der Waals surface area contributed by atoms with Gasteiger partial charge in [-0.15, -0.1) is 0 Å². The van der Waals surface area contributed by atoms with E-state index in [2.05, 4.69) is 9.97 Å². The molecule has 0 aliphatic rings. The molecule has 3 aromatic rings. The summed E-state index contributed by atoms with van der Waals surface area (Å²) in [5, 5.41) is -0.0102. The van der Waals surface area contributed by atoms with Gasteiger partial charge in [0.15, 0.2) is 5.39 Å². The van der Waals surface area contributed by atoms with Gasteiger partial charge in [0, 0.05) is 12.6 Å². The third-order valence-electron chi connectivity index (χ3n) is 3.89. The lowest BCUT2D eigenvalue weighted by Gasteiger charge is -2.08. The molecule has 25 heavy (non-hydrogen) atoms. The Hall–Kier alpha value is -3.17. The molecule has 0 saturated heterocycles. The first-order valence-corrected chi connectivity index (χ1v) is 7.04. The van der Waals surface area contributed by atoms with Crippen LogP contribution in [0.5, 0.6) is 0 Å². The fraction of sp³-hybridized carbons (Fsp3) is 0.200. The molecule has 0 amide bonds. The predicted octanol–water partition coefficient (Wildman–Crippen LogP) is 0.425. The molecule has 0 aliphatic heterocycles. The zero-order valence-electron chi connectivity index (χ0n) is 13.1. The second kappa shape index (κ2) is 5.43. The topological polar surface area (TPSA) is 91.0 Å². The van der Waals surface area contributed by atoms with Gasteiger partial charge in [-0.05, 0) is 12.1 Å². The zero-order valence-corrected chi connectivity index (χ0v) is 13.1. The average molecular weight is 353 g/mol. The summed E-state index contributed by atoms with van der Waals surface area (Å²) in [6.45, 7) is 0. The first-order valence-electron chi connectivity index (χ1n) is 7.04. The Morgan fingerprint density at radius 2 is 1.60 bits per heavy atom. The summed E-state index contributed by atoms with van der Waals surface area (Å²) in [7, 11) is 2.64. The summed E-state index contributed by atoms with van der Waals surface area (Å²) in [4.78, 5) is 41.1. The molecular weight excluding hydrogens is 341 g/mol. The molecule has 0 atom stereocenters. The van der Waals surface area contributed by atoms with Gasteiger partial charge in [-0.25, -0.2) is 28.7 Å². The third-order valence-corrected chi connectivity index (χ3v) is 3.89. The zero-order chi connectivity index (χ0) is 18.5. The van der Waals surface area contributed by atoms with E-state index in [1.807, 2.05) is 0 Å². The number of H-pyrrole nitrogens is 2. The van der Waals surface area contributed by atoms with Gasteiger partial charge in [0.25, 0.3) is 5.56 Å². The van der Waals surface area contributed by atoms with Crippen molar-refractivity contribution < 1.29 is 18.2 Å². The van der Waals surface area contributed by atoms with Crippen molar-refractivity contribution in [2.75, 3.05) is 0 Å². The first kappa shape index (κ1) is 16.7. The molecule has 0 unspecified atom stereocenters. The number of benzene rings is 1. The summed E-state index contributed by atoms with van der Waals surface area (Å²) in [5.74, 6) is 0. The molecule has 2 aromatic heterocycles. The number of hydrogen-bond donors (Lipinski definition) is 1. The maximum Gasteiger partial charge on any atom is 0.439 e. The number of halogens is 3. The van der Waals surface area contributed by atoms with Crippen LogP contribution in [0.25, 0.3) is 22.3 Å². The lowest BCUT2D eigenvalue weighted by Crippen LogP contribution is -2.43. The summed E-state index contributed by atoms with van der Waals surface area (Å²) in [6.07, 6.45) is -4.50. The van der Waals surface area contributed by atoms with Crippen molar-refractivity contribution in [3.05, 3.63) is 61.2 Å². The van der Waals surface area contributed by atoms with Crippen LogP contribution in [0.4, 0.5) is 13.2 Å². The molecule has 7 nitrogen and oxygen atoms in total. The summed E-state index contributed by atoms with van der Waals surface area (Å²) in [5.41, 5.74) is -2.66. The molecular formula is C15H12F3N4O3+. The number of fused-ring (bicyclic) bond motifs is 1. The van der Waals surface area contributed by atoms with Crippen LogP contribution in [0, 0.1) is 0 Å². The number of nitrogens with zero attached hydrogens (tertiary/aromatic N) is 2. The van der Waals surface area contributed by atoms with Crippen molar-refractivity contribution in [1.82, 2.24) is 14.1 Å². The predicted molar refractivity (Wildman–Crippen MR) is 82.0 cm³/mol. The van der Waals surface area contributed by atoms with E-state index in [0.717, 1.165) is 33.4 Å². The first-order chi connectivity index (χ1) is 11.6. The van der Waals surface area contributed by atoms with E-state index >= 15 is 0 Å². The molecule has 0 spiro atoms. The molecule has 0 radical (unpaired) electrons. The average Bonchev–Trinajstić information content (AvgIpc) is 2.56. The normalized spacial score (nSPS) is 11.9. The quantitative estimate of drug-likeness (QED) is 0.688. The van der Waals surface area contributed by atoms with Crippen LogP contribution in [-0.2, 0) is 20.3 Å². The van der Waals surface area contributed by atoms with Crippen LogP contribution in [0.3, 0.4) is 0 Å². The minimum atomic E-state index is -4.50. The number of aromatic amines is 2. The van der Waals surface area contributed by atoms with Crippen LogP contribution in [-0.4, -0.2) is 14.1 Å². The fourth-order valence-electron chi connectivity index (χ4n) is 2.57. The van der Waals surface area contributed by atoms with Gasteiger partial charge in [-0.1, -0.05) is 12.1 Å². The monoisotopic (exact) mass is 353 g/mol. The van der Waals surface area contributed by atoms with E-state index in [0.29, 0.717) is 0 Å². The molecule has 130 valence electrons. The van der Waals surface area contributed by atoms with E-state index < -0.39 is 28.7 Å². The van der Waals surface area contributed by atoms with Gasteiger partial charge in [0.1, 0.15) is 5.69 Å². The highest BCUT2D eigenvalue weighted by Crippen LogP contribution is 2.31. The van der Waals surface area contributed by atoms with Crippen molar-refractivity contribution in [1.29, 1.82) is 0 Å². The lowest BCUT2D eigenvalue weighted by atomic mass is 10.1. The van der Waals surface area contributed by atoms with E-state index in [-0.39, 0.29) is 22.3 Å². The Morgan fingerprint density at radius 1 is 1.00 bits per heavy atom. The molecule has 0 bridgehead atoms. The number of alkyl halides is 3. The number of nitrogens with one attached hydrogen (secondary N) is 2. The lowest BCUT2D eigenvalue weighted by molar-refractivity contribution is -0.374. The number of aromatic nitrogens is 4. The second-order valence-corrected chi connectivity index (χ2v) is 5.46. The van der Waals surface area contributed by atoms with Gasteiger partial charge >= 0.3 is 17.6 Å². The van der Waals surface area contributed by atoms with E-state index in [1.165, 1.54) is 14.1 Å². The summed E-state index contributed by atoms with van der Waals surface area (Å²) >= 11 is 0. The van der Waals surface area contributed by atoms with Crippen molar-refractivity contribution >= 4 is 11.0 Å². The Kier molecular flexibility index (Phi) is 3.62. The summed E-state index contributed by atoms with van der Waals surface area (Å²) < 4.78 is 40.0. The molecule has 3 rings (SSSR count). The smallest absolute Gasteiger partial charge is 0.268 e. The fourth-order valence-corrected chi connectivity index (χ4v) is 2.57. The van der Waals surface area contributed by atoms with Crippen LogP contribution < -0.4 is 21.9 Å².